The molecule has 5 heteroatoms. The topological polar surface area (TPSA) is 46.6 Å². The Morgan fingerprint density at radius 1 is 1.32 bits per heavy atom. The molecule has 1 aromatic heterocycles. The number of benzene rings is 1. The molecule has 0 saturated carbocycles. The molecule has 4 nitrogen and oxygen atoms in total. The van der Waals surface area contributed by atoms with Crippen LogP contribution in [0, 0.1) is 0 Å². The molecule has 0 fully saturated rings. The van der Waals surface area contributed by atoms with E-state index in [1.807, 2.05) is 24.3 Å². The zero-order chi connectivity index (χ0) is 13.4. The number of aldehydes is 1. The van der Waals surface area contributed by atoms with Gasteiger partial charge >= 0.3 is 0 Å². The highest BCUT2D eigenvalue weighted by molar-refractivity contribution is 7.17. The van der Waals surface area contributed by atoms with Gasteiger partial charge in [-0.05, 0) is 35.9 Å². The Balaban J connectivity index is 2.05. The maximum Gasteiger partial charge on any atom is 0.264 e. The quantitative estimate of drug-likeness (QED) is 0.790. The largest absolute Gasteiger partial charge is 0.482 e. The molecule has 2 aromatic rings. The maximum atomic E-state index is 11.6. The third-order valence-corrected chi connectivity index (χ3v) is 4.13. The Bertz CT molecular complexity index is 662. The number of anilines is 1. The van der Waals surface area contributed by atoms with Crippen LogP contribution in [0.15, 0.2) is 30.3 Å². The summed E-state index contributed by atoms with van der Waals surface area (Å²) in [7, 11) is 1.73. The normalized spacial score (nSPS) is 13.9. The number of nitrogens with zero attached hydrogens (tertiary/aromatic N) is 1. The molecule has 2 heterocycles. The minimum Gasteiger partial charge on any atom is -0.482 e. The summed E-state index contributed by atoms with van der Waals surface area (Å²) in [6, 6.07) is 9.39. The lowest BCUT2D eigenvalue weighted by Gasteiger charge is -2.26. The number of rotatable bonds is 2. The summed E-state index contributed by atoms with van der Waals surface area (Å²) >= 11 is 1.43. The number of hydrogen-bond acceptors (Lipinski definition) is 4. The third-order valence-electron chi connectivity index (χ3n) is 3.07. The second-order valence-corrected chi connectivity index (χ2v) is 5.36. The van der Waals surface area contributed by atoms with E-state index in [4.69, 9.17) is 4.74 Å². The number of carbonyl (C=O) groups is 2. The standard InChI is InChI=1S/C14H11NO3S/c1-15-11-6-9(13-5-3-10(7-16)19-13)2-4-12(11)18-8-14(15)17/h2-7H,8H2,1H3. The molecule has 0 aliphatic carbocycles. The van der Waals surface area contributed by atoms with Crippen LogP contribution in [0.4, 0.5) is 5.69 Å². The molecule has 1 aliphatic rings. The number of thiophene rings is 1. The van der Waals surface area contributed by atoms with Crippen LogP contribution in [-0.4, -0.2) is 25.8 Å². The molecule has 1 amide bonds. The highest BCUT2D eigenvalue weighted by Gasteiger charge is 2.22. The lowest BCUT2D eigenvalue weighted by molar-refractivity contribution is -0.120. The summed E-state index contributed by atoms with van der Waals surface area (Å²) < 4.78 is 5.38. The van der Waals surface area contributed by atoms with E-state index in [0.29, 0.717) is 10.6 Å². The van der Waals surface area contributed by atoms with Crippen molar-refractivity contribution in [2.45, 2.75) is 0 Å². The van der Waals surface area contributed by atoms with Crippen molar-refractivity contribution in [3.05, 3.63) is 35.2 Å². The van der Waals surface area contributed by atoms with Gasteiger partial charge in [-0.3, -0.25) is 9.59 Å². The van der Waals surface area contributed by atoms with E-state index < -0.39 is 0 Å². The van der Waals surface area contributed by atoms with Gasteiger partial charge in [-0.2, -0.15) is 0 Å². The second-order valence-electron chi connectivity index (χ2n) is 4.24. The first-order chi connectivity index (χ1) is 9.19. The van der Waals surface area contributed by atoms with E-state index in [9.17, 15) is 9.59 Å². The molecule has 19 heavy (non-hydrogen) atoms. The van der Waals surface area contributed by atoms with Crippen LogP contribution in [0.1, 0.15) is 9.67 Å². The first kappa shape index (κ1) is 11.9. The molecule has 96 valence electrons. The molecular weight excluding hydrogens is 262 g/mol. The third kappa shape index (κ3) is 2.02. The van der Waals surface area contributed by atoms with Crippen molar-refractivity contribution in [2.24, 2.45) is 0 Å². The zero-order valence-electron chi connectivity index (χ0n) is 10.3. The summed E-state index contributed by atoms with van der Waals surface area (Å²) in [5, 5.41) is 0. The molecule has 0 atom stereocenters. The van der Waals surface area contributed by atoms with Crippen LogP contribution in [0.25, 0.3) is 10.4 Å². The van der Waals surface area contributed by atoms with Gasteiger partial charge in [-0.15, -0.1) is 11.3 Å². The van der Waals surface area contributed by atoms with Gasteiger partial charge < -0.3 is 9.64 Å². The maximum absolute atomic E-state index is 11.6. The summed E-state index contributed by atoms with van der Waals surface area (Å²) in [6.07, 6.45) is 0.839. The fraction of sp³-hybridized carbons (Fsp3) is 0.143. The number of ether oxygens (including phenoxy) is 1. The van der Waals surface area contributed by atoms with E-state index >= 15 is 0 Å². The molecule has 3 rings (SSSR count). The number of hydrogen-bond donors (Lipinski definition) is 0. The van der Waals surface area contributed by atoms with Crippen LogP contribution < -0.4 is 9.64 Å². The van der Waals surface area contributed by atoms with E-state index in [-0.39, 0.29) is 12.5 Å². The van der Waals surface area contributed by atoms with Gasteiger partial charge in [0, 0.05) is 11.9 Å². The Kier molecular flexibility index (Phi) is 2.83. The van der Waals surface area contributed by atoms with Crippen molar-refractivity contribution in [1.82, 2.24) is 0 Å². The van der Waals surface area contributed by atoms with Crippen molar-refractivity contribution in [3.8, 4) is 16.2 Å². The zero-order valence-corrected chi connectivity index (χ0v) is 11.1. The highest BCUT2D eigenvalue weighted by Crippen LogP contribution is 2.37. The molecule has 0 spiro atoms. The Morgan fingerprint density at radius 2 is 2.16 bits per heavy atom. The fourth-order valence-electron chi connectivity index (χ4n) is 2.00. The van der Waals surface area contributed by atoms with Crippen molar-refractivity contribution in [1.29, 1.82) is 0 Å². The smallest absolute Gasteiger partial charge is 0.264 e. The van der Waals surface area contributed by atoms with Gasteiger partial charge in [0.05, 0.1) is 10.6 Å². The van der Waals surface area contributed by atoms with Gasteiger partial charge in [0.2, 0.25) is 0 Å². The van der Waals surface area contributed by atoms with Crippen LogP contribution in [0.5, 0.6) is 5.75 Å². The van der Waals surface area contributed by atoms with Crippen molar-refractivity contribution in [3.63, 3.8) is 0 Å². The van der Waals surface area contributed by atoms with Crippen molar-refractivity contribution >= 4 is 29.2 Å². The lowest BCUT2D eigenvalue weighted by Crippen LogP contribution is -2.35. The van der Waals surface area contributed by atoms with Crippen LogP contribution in [-0.2, 0) is 4.79 Å². The van der Waals surface area contributed by atoms with E-state index in [2.05, 4.69) is 0 Å². The van der Waals surface area contributed by atoms with Crippen LogP contribution in [0.3, 0.4) is 0 Å². The molecule has 0 saturated heterocycles. The summed E-state index contributed by atoms with van der Waals surface area (Å²) in [5.74, 6) is 0.641. The minimum atomic E-state index is -0.0654. The average Bonchev–Trinajstić information content (AvgIpc) is 2.92. The molecule has 1 aliphatic heterocycles. The molecule has 1 aromatic carbocycles. The number of carbonyl (C=O) groups excluding carboxylic acids is 2. The predicted molar refractivity (Wildman–Crippen MR) is 74.0 cm³/mol. The predicted octanol–water partition coefficient (Wildman–Crippen LogP) is 2.58. The van der Waals surface area contributed by atoms with Gasteiger partial charge in [-0.25, -0.2) is 0 Å². The molecule has 0 radical (unpaired) electrons. The van der Waals surface area contributed by atoms with E-state index in [0.717, 1.165) is 22.4 Å². The first-order valence-corrected chi connectivity index (χ1v) is 6.59. The van der Waals surface area contributed by atoms with Crippen molar-refractivity contribution in [2.75, 3.05) is 18.6 Å². The van der Waals surface area contributed by atoms with E-state index in [1.165, 1.54) is 11.3 Å². The van der Waals surface area contributed by atoms with Gasteiger partial charge in [0.1, 0.15) is 5.75 Å². The number of likely N-dealkylation sites (N-methyl/N-ethyl adjacent to an activating group) is 1. The fourth-order valence-corrected chi connectivity index (χ4v) is 2.82. The van der Waals surface area contributed by atoms with Crippen LogP contribution >= 0.6 is 11.3 Å². The Morgan fingerprint density at radius 3 is 2.89 bits per heavy atom. The summed E-state index contributed by atoms with van der Waals surface area (Å²) in [5.41, 5.74) is 1.73. The molecule has 0 unspecified atom stereocenters. The number of amides is 1. The van der Waals surface area contributed by atoms with Gasteiger partial charge in [0.15, 0.2) is 12.9 Å². The first-order valence-electron chi connectivity index (χ1n) is 5.78. The lowest BCUT2D eigenvalue weighted by atomic mass is 10.1. The van der Waals surface area contributed by atoms with Crippen LogP contribution in [0.2, 0.25) is 0 Å². The minimum absolute atomic E-state index is 0.0654. The van der Waals surface area contributed by atoms with Gasteiger partial charge in [-0.1, -0.05) is 0 Å². The van der Waals surface area contributed by atoms with Gasteiger partial charge in [0.25, 0.3) is 5.91 Å². The number of fused-ring (bicyclic) bond motifs is 1. The Hall–Kier alpha value is -2.14. The van der Waals surface area contributed by atoms with Crippen molar-refractivity contribution < 1.29 is 14.3 Å². The molecular formula is C14H11NO3S. The average molecular weight is 273 g/mol. The highest BCUT2D eigenvalue weighted by atomic mass is 32.1. The second kappa shape index (κ2) is 4.51. The molecule has 0 bridgehead atoms. The Labute approximate surface area is 114 Å². The monoisotopic (exact) mass is 273 g/mol. The van der Waals surface area contributed by atoms with E-state index in [1.54, 1.807) is 18.0 Å². The molecule has 0 N–H and O–H groups in total. The summed E-state index contributed by atoms with van der Waals surface area (Å²) in [6.45, 7) is 0.0805. The SMILES string of the molecule is CN1C(=O)COc2ccc(-c3ccc(C=O)s3)cc21. The summed E-state index contributed by atoms with van der Waals surface area (Å²) in [4.78, 5) is 25.6.